The Labute approximate surface area is 133 Å². The number of nitrogens with one attached hydrogen (secondary N) is 1. The predicted octanol–water partition coefficient (Wildman–Crippen LogP) is 5.30. The first-order valence-corrected chi connectivity index (χ1v) is 8.56. The monoisotopic (exact) mass is 388 g/mol. The molecule has 0 spiro atoms. The molecule has 0 aliphatic heterocycles. The predicted molar refractivity (Wildman–Crippen MR) is 92.6 cm³/mol. The van der Waals surface area contributed by atoms with E-state index in [0.29, 0.717) is 0 Å². The Morgan fingerprint density at radius 3 is 2.79 bits per heavy atom. The third-order valence-electron chi connectivity index (χ3n) is 3.08. The summed E-state index contributed by atoms with van der Waals surface area (Å²) >= 11 is 8.42. The summed E-state index contributed by atoms with van der Waals surface area (Å²) in [6.07, 6.45) is 7.00. The van der Waals surface area contributed by atoms with Crippen molar-refractivity contribution in [3.05, 3.63) is 35.5 Å². The molecule has 0 saturated heterocycles. The standard InChI is InChI=1S/C15H18ClIN2/c16-12-5-6-13-14(7-10-19-15(13)11-12)18-9-4-2-1-3-8-17/h5-7,10-11H,1-4,8-9H2,(H,18,19). The molecule has 0 radical (unpaired) electrons. The molecule has 2 nitrogen and oxygen atoms in total. The van der Waals surface area contributed by atoms with Crippen molar-refractivity contribution in [1.82, 2.24) is 4.98 Å². The van der Waals surface area contributed by atoms with Crippen LogP contribution in [0.15, 0.2) is 30.5 Å². The van der Waals surface area contributed by atoms with E-state index in [1.165, 1.54) is 30.1 Å². The fourth-order valence-electron chi connectivity index (χ4n) is 2.07. The fourth-order valence-corrected chi connectivity index (χ4v) is 2.78. The Bertz CT molecular complexity index is 531. The number of fused-ring (bicyclic) bond motifs is 1. The largest absolute Gasteiger partial charge is 0.384 e. The Kier molecular flexibility index (Phi) is 6.17. The van der Waals surface area contributed by atoms with E-state index in [9.17, 15) is 0 Å². The maximum absolute atomic E-state index is 5.99. The third-order valence-corrected chi connectivity index (χ3v) is 4.08. The van der Waals surface area contributed by atoms with Crippen molar-refractivity contribution in [2.24, 2.45) is 0 Å². The first-order chi connectivity index (χ1) is 9.31. The van der Waals surface area contributed by atoms with E-state index in [-0.39, 0.29) is 0 Å². The second-order valence-corrected chi connectivity index (χ2v) is 6.07. The lowest BCUT2D eigenvalue weighted by Gasteiger charge is -2.09. The lowest BCUT2D eigenvalue weighted by Crippen LogP contribution is -2.02. The van der Waals surface area contributed by atoms with Gasteiger partial charge in [-0.2, -0.15) is 0 Å². The highest BCUT2D eigenvalue weighted by Crippen LogP contribution is 2.24. The lowest BCUT2D eigenvalue weighted by atomic mass is 10.1. The minimum Gasteiger partial charge on any atom is -0.384 e. The van der Waals surface area contributed by atoms with Gasteiger partial charge in [0.2, 0.25) is 0 Å². The van der Waals surface area contributed by atoms with Gasteiger partial charge in [-0.05, 0) is 41.5 Å². The topological polar surface area (TPSA) is 24.9 Å². The van der Waals surface area contributed by atoms with Gasteiger partial charge in [0, 0.05) is 28.8 Å². The summed E-state index contributed by atoms with van der Waals surface area (Å²) < 4.78 is 1.26. The molecule has 1 N–H and O–H groups in total. The number of halogens is 2. The number of hydrogen-bond donors (Lipinski definition) is 1. The van der Waals surface area contributed by atoms with Gasteiger partial charge in [-0.1, -0.05) is 47.0 Å². The minimum atomic E-state index is 0.732. The number of hydrogen-bond acceptors (Lipinski definition) is 2. The Morgan fingerprint density at radius 1 is 1.11 bits per heavy atom. The van der Waals surface area contributed by atoms with E-state index in [4.69, 9.17) is 11.6 Å². The molecule has 0 amide bonds. The lowest BCUT2D eigenvalue weighted by molar-refractivity contribution is 0.692. The van der Waals surface area contributed by atoms with Gasteiger partial charge < -0.3 is 5.32 Å². The molecule has 1 aromatic carbocycles. The first kappa shape index (κ1) is 14.9. The molecule has 0 saturated carbocycles. The molecule has 102 valence electrons. The molecular formula is C15H18ClIN2. The van der Waals surface area contributed by atoms with E-state index in [2.05, 4.69) is 32.9 Å². The van der Waals surface area contributed by atoms with Crippen LogP contribution in [0.1, 0.15) is 25.7 Å². The number of nitrogens with zero attached hydrogens (tertiary/aromatic N) is 1. The van der Waals surface area contributed by atoms with Gasteiger partial charge in [0.25, 0.3) is 0 Å². The van der Waals surface area contributed by atoms with Crippen molar-refractivity contribution < 1.29 is 0 Å². The number of rotatable bonds is 7. The van der Waals surface area contributed by atoms with E-state index < -0.39 is 0 Å². The highest BCUT2D eigenvalue weighted by Gasteiger charge is 2.01. The molecular weight excluding hydrogens is 371 g/mol. The number of aromatic nitrogens is 1. The molecule has 2 aromatic rings. The zero-order chi connectivity index (χ0) is 13.5. The van der Waals surface area contributed by atoms with Gasteiger partial charge in [0.15, 0.2) is 0 Å². The second-order valence-electron chi connectivity index (χ2n) is 4.55. The SMILES string of the molecule is Clc1ccc2c(NCCCCCCI)ccnc2c1. The van der Waals surface area contributed by atoms with Crippen LogP contribution in [0.2, 0.25) is 5.02 Å². The maximum atomic E-state index is 5.99. The smallest absolute Gasteiger partial charge is 0.0737 e. The molecule has 1 heterocycles. The third kappa shape index (κ3) is 4.49. The maximum Gasteiger partial charge on any atom is 0.0737 e. The average Bonchev–Trinajstić information content (AvgIpc) is 2.42. The normalized spacial score (nSPS) is 10.8. The average molecular weight is 389 g/mol. The number of alkyl halides is 1. The summed E-state index contributed by atoms with van der Waals surface area (Å²) in [6.45, 7) is 1.02. The van der Waals surface area contributed by atoms with Gasteiger partial charge in [0.05, 0.1) is 5.52 Å². The van der Waals surface area contributed by atoms with Crippen LogP contribution < -0.4 is 5.32 Å². The van der Waals surface area contributed by atoms with Gasteiger partial charge in [-0.25, -0.2) is 0 Å². The van der Waals surface area contributed by atoms with Crippen LogP contribution in [0.25, 0.3) is 10.9 Å². The number of benzene rings is 1. The number of pyridine rings is 1. The van der Waals surface area contributed by atoms with Gasteiger partial charge in [-0.15, -0.1) is 0 Å². The Morgan fingerprint density at radius 2 is 1.95 bits per heavy atom. The zero-order valence-corrected chi connectivity index (χ0v) is 13.7. The molecule has 4 heteroatoms. The quantitative estimate of drug-likeness (QED) is 0.396. The molecule has 0 aliphatic rings. The van der Waals surface area contributed by atoms with Crippen molar-refractivity contribution >= 4 is 50.8 Å². The number of unbranched alkanes of at least 4 members (excludes halogenated alkanes) is 3. The van der Waals surface area contributed by atoms with Crippen LogP contribution in [-0.2, 0) is 0 Å². The summed E-state index contributed by atoms with van der Waals surface area (Å²) in [6, 6.07) is 7.88. The van der Waals surface area contributed by atoms with Crippen molar-refractivity contribution in [2.75, 3.05) is 16.3 Å². The molecule has 1 aromatic heterocycles. The molecule has 0 unspecified atom stereocenters. The van der Waals surface area contributed by atoms with Crippen molar-refractivity contribution in [3.63, 3.8) is 0 Å². The van der Waals surface area contributed by atoms with Gasteiger partial charge in [-0.3, -0.25) is 4.98 Å². The van der Waals surface area contributed by atoms with Crippen LogP contribution in [0, 0.1) is 0 Å². The van der Waals surface area contributed by atoms with E-state index >= 15 is 0 Å². The molecule has 0 bridgehead atoms. The van der Waals surface area contributed by atoms with Crippen molar-refractivity contribution in [3.8, 4) is 0 Å². The molecule has 0 atom stereocenters. The summed E-state index contributed by atoms with van der Waals surface area (Å²) in [5, 5.41) is 5.37. The fraction of sp³-hybridized carbons (Fsp3) is 0.400. The highest BCUT2D eigenvalue weighted by atomic mass is 127. The molecule has 2 rings (SSSR count). The van der Waals surface area contributed by atoms with Crippen LogP contribution >= 0.6 is 34.2 Å². The Hall–Kier alpha value is -0.550. The highest BCUT2D eigenvalue weighted by molar-refractivity contribution is 14.1. The second kappa shape index (κ2) is 7.90. The summed E-state index contributed by atoms with van der Waals surface area (Å²) in [5.74, 6) is 0. The minimum absolute atomic E-state index is 0.732. The number of anilines is 1. The first-order valence-electron chi connectivity index (χ1n) is 6.65. The van der Waals surface area contributed by atoms with Gasteiger partial charge in [0.1, 0.15) is 0 Å². The van der Waals surface area contributed by atoms with Crippen molar-refractivity contribution in [1.29, 1.82) is 0 Å². The van der Waals surface area contributed by atoms with Crippen LogP contribution in [0.5, 0.6) is 0 Å². The van der Waals surface area contributed by atoms with E-state index in [1.807, 2.05) is 30.5 Å². The molecule has 0 aliphatic carbocycles. The summed E-state index contributed by atoms with van der Waals surface area (Å²) in [5.41, 5.74) is 2.10. The van der Waals surface area contributed by atoms with Gasteiger partial charge >= 0.3 is 0 Å². The summed E-state index contributed by atoms with van der Waals surface area (Å²) in [7, 11) is 0. The summed E-state index contributed by atoms with van der Waals surface area (Å²) in [4.78, 5) is 4.35. The zero-order valence-electron chi connectivity index (χ0n) is 10.8. The van der Waals surface area contributed by atoms with E-state index in [0.717, 1.165) is 28.2 Å². The molecule has 19 heavy (non-hydrogen) atoms. The molecule has 0 fully saturated rings. The van der Waals surface area contributed by atoms with Crippen molar-refractivity contribution in [2.45, 2.75) is 25.7 Å². The van der Waals surface area contributed by atoms with Crippen LogP contribution in [0.4, 0.5) is 5.69 Å². The van der Waals surface area contributed by atoms with Crippen LogP contribution in [0.3, 0.4) is 0 Å². The van der Waals surface area contributed by atoms with Crippen LogP contribution in [-0.4, -0.2) is 16.0 Å². The Balaban J connectivity index is 1.93. The van der Waals surface area contributed by atoms with E-state index in [1.54, 1.807) is 0 Å².